The number of hydrogen-bond donors (Lipinski definition) is 1. The van der Waals surface area contributed by atoms with E-state index in [1.165, 1.54) is 0 Å². The third-order valence-corrected chi connectivity index (χ3v) is 4.57. The van der Waals surface area contributed by atoms with Crippen LogP contribution in [-0.2, 0) is 9.53 Å². The Morgan fingerprint density at radius 1 is 1.29 bits per heavy atom. The highest BCUT2D eigenvalue weighted by Gasteiger charge is 2.31. The number of ether oxygens (including phenoxy) is 1. The molecule has 1 saturated heterocycles. The lowest BCUT2D eigenvalue weighted by molar-refractivity contribution is -0.124. The summed E-state index contributed by atoms with van der Waals surface area (Å²) in [6.45, 7) is 9.93. The fourth-order valence-electron chi connectivity index (χ4n) is 2.67. The fraction of sp³-hybridized carbons (Fsp3) is 0.824. The van der Waals surface area contributed by atoms with Crippen LogP contribution in [0, 0.1) is 5.92 Å². The summed E-state index contributed by atoms with van der Waals surface area (Å²) >= 11 is 0. The van der Waals surface area contributed by atoms with Crippen molar-refractivity contribution < 1.29 is 14.1 Å². The zero-order chi connectivity index (χ0) is 17.7. The molecule has 0 saturated carbocycles. The SMILES string of the molecule is CC(C)c1noc(C(NC(=O)CN(C)C(C)C)C2CCOCC2)n1. The van der Waals surface area contributed by atoms with Gasteiger partial charge in [-0.15, -0.1) is 0 Å². The van der Waals surface area contributed by atoms with Crippen molar-refractivity contribution >= 4 is 5.91 Å². The predicted molar refractivity (Wildman–Crippen MR) is 90.6 cm³/mol. The first-order valence-corrected chi connectivity index (χ1v) is 8.79. The zero-order valence-electron chi connectivity index (χ0n) is 15.4. The minimum absolute atomic E-state index is 0.0213. The quantitative estimate of drug-likeness (QED) is 0.820. The largest absolute Gasteiger partial charge is 0.381 e. The van der Waals surface area contributed by atoms with Crippen LogP contribution >= 0.6 is 0 Å². The molecule has 1 N–H and O–H groups in total. The van der Waals surface area contributed by atoms with Gasteiger partial charge in [-0.3, -0.25) is 9.69 Å². The van der Waals surface area contributed by atoms with E-state index in [0.717, 1.165) is 12.8 Å². The van der Waals surface area contributed by atoms with Gasteiger partial charge < -0.3 is 14.6 Å². The number of nitrogens with zero attached hydrogens (tertiary/aromatic N) is 3. The molecule has 1 aromatic heterocycles. The highest BCUT2D eigenvalue weighted by Crippen LogP contribution is 2.30. The third kappa shape index (κ3) is 5.01. The Bertz CT molecular complexity index is 524. The molecule has 0 aliphatic carbocycles. The van der Waals surface area contributed by atoms with E-state index in [9.17, 15) is 4.79 Å². The lowest BCUT2D eigenvalue weighted by Gasteiger charge is -2.29. The van der Waals surface area contributed by atoms with Gasteiger partial charge in [-0.2, -0.15) is 4.98 Å². The Morgan fingerprint density at radius 3 is 2.50 bits per heavy atom. The molecule has 0 radical (unpaired) electrons. The monoisotopic (exact) mass is 338 g/mol. The van der Waals surface area contributed by atoms with Gasteiger partial charge in [0.2, 0.25) is 11.8 Å². The maximum atomic E-state index is 12.5. The number of hydrogen-bond acceptors (Lipinski definition) is 6. The average molecular weight is 338 g/mol. The van der Waals surface area contributed by atoms with Crippen LogP contribution in [0.15, 0.2) is 4.52 Å². The Morgan fingerprint density at radius 2 is 1.96 bits per heavy atom. The molecule has 7 heteroatoms. The summed E-state index contributed by atoms with van der Waals surface area (Å²) < 4.78 is 10.9. The first kappa shape index (κ1) is 18.9. The Labute approximate surface area is 144 Å². The lowest BCUT2D eigenvalue weighted by atomic mass is 9.91. The third-order valence-electron chi connectivity index (χ3n) is 4.57. The number of aromatic nitrogens is 2. The standard InChI is InChI=1S/C17H30N4O3/c1-11(2)16-19-17(24-20-16)15(13-6-8-23-9-7-13)18-14(22)10-21(5)12(3)4/h11-13,15H,6-10H2,1-5H3,(H,18,22). The van der Waals surface area contributed by atoms with Crippen molar-refractivity contribution in [2.45, 2.75) is 58.5 Å². The molecule has 0 bridgehead atoms. The molecule has 1 aliphatic heterocycles. The van der Waals surface area contributed by atoms with E-state index in [0.29, 0.717) is 37.5 Å². The molecule has 0 spiro atoms. The van der Waals surface area contributed by atoms with E-state index in [2.05, 4.69) is 29.3 Å². The normalized spacial score (nSPS) is 17.7. The molecule has 1 fully saturated rings. The summed E-state index contributed by atoms with van der Waals surface area (Å²) in [4.78, 5) is 19.0. The molecule has 1 unspecified atom stereocenters. The molecule has 7 nitrogen and oxygen atoms in total. The molecular weight excluding hydrogens is 308 g/mol. The minimum atomic E-state index is -0.248. The van der Waals surface area contributed by atoms with E-state index in [4.69, 9.17) is 9.26 Å². The first-order valence-electron chi connectivity index (χ1n) is 8.79. The first-order chi connectivity index (χ1) is 11.4. The van der Waals surface area contributed by atoms with Gasteiger partial charge in [0.1, 0.15) is 6.04 Å². The number of amides is 1. The van der Waals surface area contributed by atoms with Crippen molar-refractivity contribution in [3.05, 3.63) is 11.7 Å². The average Bonchev–Trinajstić information content (AvgIpc) is 3.03. The smallest absolute Gasteiger partial charge is 0.249 e. The van der Waals surface area contributed by atoms with E-state index in [1.54, 1.807) is 0 Å². The zero-order valence-corrected chi connectivity index (χ0v) is 15.4. The molecular formula is C17H30N4O3. The number of nitrogens with one attached hydrogen (secondary N) is 1. The van der Waals surface area contributed by atoms with Crippen LogP contribution in [0.5, 0.6) is 0 Å². The van der Waals surface area contributed by atoms with E-state index in [-0.39, 0.29) is 23.8 Å². The van der Waals surface area contributed by atoms with Crippen LogP contribution in [0.25, 0.3) is 0 Å². The molecule has 1 atom stereocenters. The van der Waals surface area contributed by atoms with Crippen molar-refractivity contribution in [3.63, 3.8) is 0 Å². The second kappa shape index (κ2) is 8.58. The van der Waals surface area contributed by atoms with Crippen molar-refractivity contribution in [3.8, 4) is 0 Å². The van der Waals surface area contributed by atoms with Gasteiger partial charge in [0.15, 0.2) is 5.82 Å². The summed E-state index contributed by atoms with van der Waals surface area (Å²) in [6.07, 6.45) is 1.76. The fourth-order valence-corrected chi connectivity index (χ4v) is 2.67. The van der Waals surface area contributed by atoms with Gasteiger partial charge in [0.25, 0.3) is 0 Å². The number of rotatable bonds is 7. The van der Waals surface area contributed by atoms with Crippen LogP contribution < -0.4 is 5.32 Å². The highest BCUT2D eigenvalue weighted by molar-refractivity contribution is 5.78. The van der Waals surface area contributed by atoms with E-state index >= 15 is 0 Å². The summed E-state index contributed by atoms with van der Waals surface area (Å²) in [5.41, 5.74) is 0. The predicted octanol–water partition coefficient (Wildman–Crippen LogP) is 2.12. The topological polar surface area (TPSA) is 80.5 Å². The maximum absolute atomic E-state index is 12.5. The molecule has 1 aliphatic rings. The van der Waals surface area contributed by atoms with Gasteiger partial charge in [0.05, 0.1) is 6.54 Å². The van der Waals surface area contributed by atoms with Crippen LogP contribution in [-0.4, -0.2) is 53.8 Å². The molecule has 1 amide bonds. The Balaban J connectivity index is 2.11. The Kier molecular flexibility index (Phi) is 6.74. The van der Waals surface area contributed by atoms with Gasteiger partial charge in [0, 0.05) is 25.2 Å². The Hall–Kier alpha value is -1.47. The van der Waals surface area contributed by atoms with Gasteiger partial charge in [-0.05, 0) is 39.7 Å². The maximum Gasteiger partial charge on any atom is 0.249 e. The van der Waals surface area contributed by atoms with Crippen LogP contribution in [0.2, 0.25) is 0 Å². The highest BCUT2D eigenvalue weighted by atomic mass is 16.5. The molecule has 136 valence electrons. The van der Waals surface area contributed by atoms with Gasteiger partial charge in [-0.25, -0.2) is 0 Å². The summed E-state index contributed by atoms with van der Waals surface area (Å²) in [5, 5.41) is 7.16. The van der Waals surface area contributed by atoms with Gasteiger partial charge >= 0.3 is 0 Å². The lowest BCUT2D eigenvalue weighted by Crippen LogP contribution is -2.42. The number of likely N-dealkylation sites (N-methyl/N-ethyl adjacent to an activating group) is 1. The number of carbonyl (C=O) groups is 1. The minimum Gasteiger partial charge on any atom is -0.381 e. The molecule has 2 heterocycles. The van der Waals surface area contributed by atoms with E-state index in [1.807, 2.05) is 25.8 Å². The van der Waals surface area contributed by atoms with Crippen molar-refractivity contribution in [2.24, 2.45) is 5.92 Å². The van der Waals surface area contributed by atoms with Crippen LogP contribution in [0.3, 0.4) is 0 Å². The summed E-state index contributed by atoms with van der Waals surface area (Å²) in [5.74, 6) is 1.61. The van der Waals surface area contributed by atoms with Crippen LogP contribution in [0.1, 0.15) is 64.2 Å². The van der Waals surface area contributed by atoms with Gasteiger partial charge in [-0.1, -0.05) is 19.0 Å². The van der Waals surface area contributed by atoms with E-state index < -0.39 is 0 Å². The second-order valence-electron chi connectivity index (χ2n) is 7.15. The van der Waals surface area contributed by atoms with Crippen molar-refractivity contribution in [2.75, 3.05) is 26.8 Å². The number of carbonyl (C=O) groups excluding carboxylic acids is 1. The molecule has 0 aromatic carbocycles. The second-order valence-corrected chi connectivity index (χ2v) is 7.15. The van der Waals surface area contributed by atoms with Crippen molar-refractivity contribution in [1.29, 1.82) is 0 Å². The molecule has 24 heavy (non-hydrogen) atoms. The van der Waals surface area contributed by atoms with Crippen LogP contribution in [0.4, 0.5) is 0 Å². The summed E-state index contributed by atoms with van der Waals surface area (Å²) in [6, 6.07) is 0.0650. The molecule has 2 rings (SSSR count). The summed E-state index contributed by atoms with van der Waals surface area (Å²) in [7, 11) is 1.94. The van der Waals surface area contributed by atoms with Crippen molar-refractivity contribution in [1.82, 2.24) is 20.4 Å². The molecule has 1 aromatic rings.